The number of hydrogen-bond donors (Lipinski definition) is 2. The Morgan fingerprint density at radius 2 is 2.44 bits per heavy atom. The van der Waals surface area contributed by atoms with Gasteiger partial charge in [-0.3, -0.25) is 4.90 Å². The van der Waals surface area contributed by atoms with Crippen molar-refractivity contribution in [2.75, 3.05) is 32.8 Å². The molecule has 0 saturated carbocycles. The maximum absolute atomic E-state index is 9.15. The van der Waals surface area contributed by atoms with Gasteiger partial charge in [0.15, 0.2) is 0 Å². The van der Waals surface area contributed by atoms with Crippen LogP contribution in [0.15, 0.2) is 5.51 Å². The summed E-state index contributed by atoms with van der Waals surface area (Å²) in [6.07, 6.45) is 3.59. The van der Waals surface area contributed by atoms with Crippen LogP contribution in [0.4, 0.5) is 0 Å². The highest BCUT2D eigenvalue weighted by Crippen LogP contribution is 2.14. The van der Waals surface area contributed by atoms with Crippen LogP contribution in [0.3, 0.4) is 0 Å². The van der Waals surface area contributed by atoms with Crippen LogP contribution in [-0.4, -0.2) is 53.8 Å². The van der Waals surface area contributed by atoms with E-state index in [9.17, 15) is 0 Å². The second-order valence-electron chi connectivity index (χ2n) is 4.93. The topological polar surface area (TPSA) is 48.4 Å². The molecule has 1 atom stereocenters. The molecule has 102 valence electrons. The van der Waals surface area contributed by atoms with Crippen molar-refractivity contribution in [3.8, 4) is 0 Å². The van der Waals surface area contributed by atoms with Gasteiger partial charge in [-0.1, -0.05) is 0 Å². The van der Waals surface area contributed by atoms with Gasteiger partial charge in [0, 0.05) is 30.6 Å². The lowest BCUT2D eigenvalue weighted by atomic mass is 10.2. The average Bonchev–Trinajstić information content (AvgIpc) is 2.98. The third kappa shape index (κ3) is 4.02. The molecular weight excluding hydrogens is 246 g/mol. The SMILES string of the molecule is Cc1ncsc1CCN(CCO)CC1CCCN1. The van der Waals surface area contributed by atoms with Crippen LogP contribution >= 0.6 is 11.3 Å². The maximum atomic E-state index is 9.15. The van der Waals surface area contributed by atoms with E-state index in [-0.39, 0.29) is 6.61 Å². The first-order valence-electron chi connectivity index (χ1n) is 6.75. The highest BCUT2D eigenvalue weighted by atomic mass is 32.1. The van der Waals surface area contributed by atoms with E-state index in [4.69, 9.17) is 5.11 Å². The monoisotopic (exact) mass is 269 g/mol. The molecule has 1 aromatic heterocycles. The van der Waals surface area contributed by atoms with Crippen molar-refractivity contribution in [3.63, 3.8) is 0 Å². The average molecular weight is 269 g/mol. The molecule has 0 aliphatic carbocycles. The minimum Gasteiger partial charge on any atom is -0.395 e. The summed E-state index contributed by atoms with van der Waals surface area (Å²) in [6.45, 7) is 6.30. The number of rotatable bonds is 7. The maximum Gasteiger partial charge on any atom is 0.0797 e. The molecule has 5 heteroatoms. The minimum atomic E-state index is 0.244. The number of hydrogen-bond acceptors (Lipinski definition) is 5. The number of nitrogens with zero attached hydrogens (tertiary/aromatic N) is 2. The molecule has 18 heavy (non-hydrogen) atoms. The zero-order valence-corrected chi connectivity index (χ0v) is 11.9. The molecule has 0 spiro atoms. The van der Waals surface area contributed by atoms with Crippen LogP contribution in [0.25, 0.3) is 0 Å². The van der Waals surface area contributed by atoms with Crippen molar-refractivity contribution < 1.29 is 5.11 Å². The van der Waals surface area contributed by atoms with Crippen LogP contribution in [-0.2, 0) is 6.42 Å². The van der Waals surface area contributed by atoms with Crippen LogP contribution in [0.5, 0.6) is 0 Å². The summed E-state index contributed by atoms with van der Waals surface area (Å²) in [5.41, 5.74) is 3.07. The highest BCUT2D eigenvalue weighted by molar-refractivity contribution is 7.09. The van der Waals surface area contributed by atoms with Gasteiger partial charge in [0.25, 0.3) is 0 Å². The highest BCUT2D eigenvalue weighted by Gasteiger charge is 2.17. The van der Waals surface area contributed by atoms with Gasteiger partial charge in [0.1, 0.15) is 0 Å². The summed E-state index contributed by atoms with van der Waals surface area (Å²) < 4.78 is 0. The van der Waals surface area contributed by atoms with Gasteiger partial charge in [0.2, 0.25) is 0 Å². The molecule has 1 saturated heterocycles. The van der Waals surface area contributed by atoms with Crippen molar-refractivity contribution in [1.29, 1.82) is 0 Å². The summed E-state index contributed by atoms with van der Waals surface area (Å²) in [6, 6.07) is 0.610. The van der Waals surface area contributed by atoms with Gasteiger partial charge < -0.3 is 10.4 Å². The van der Waals surface area contributed by atoms with Gasteiger partial charge in [-0.15, -0.1) is 11.3 Å². The molecule has 1 aromatic rings. The Labute approximate surface area is 113 Å². The lowest BCUT2D eigenvalue weighted by Crippen LogP contribution is -2.40. The first-order chi connectivity index (χ1) is 8.79. The van der Waals surface area contributed by atoms with E-state index >= 15 is 0 Å². The van der Waals surface area contributed by atoms with Crippen LogP contribution in [0, 0.1) is 6.92 Å². The normalized spacial score (nSPS) is 19.8. The summed E-state index contributed by atoms with van der Waals surface area (Å²) in [4.78, 5) is 8.02. The fraction of sp³-hybridized carbons (Fsp3) is 0.769. The Morgan fingerprint density at radius 1 is 1.56 bits per heavy atom. The van der Waals surface area contributed by atoms with Crippen LogP contribution in [0.2, 0.25) is 0 Å². The van der Waals surface area contributed by atoms with Crippen molar-refractivity contribution in [1.82, 2.24) is 15.2 Å². The van der Waals surface area contributed by atoms with Gasteiger partial charge in [-0.2, -0.15) is 0 Å². The van der Waals surface area contributed by atoms with E-state index in [0.717, 1.165) is 38.3 Å². The quantitative estimate of drug-likeness (QED) is 0.776. The molecule has 0 radical (unpaired) electrons. The molecule has 1 unspecified atom stereocenters. The van der Waals surface area contributed by atoms with E-state index in [2.05, 4.69) is 22.1 Å². The lowest BCUT2D eigenvalue weighted by molar-refractivity contribution is 0.186. The first kappa shape index (κ1) is 13.9. The fourth-order valence-corrected chi connectivity index (χ4v) is 3.26. The Hall–Kier alpha value is -0.490. The molecule has 1 aliphatic heterocycles. The molecule has 2 rings (SSSR count). The van der Waals surface area contributed by atoms with E-state index in [1.807, 2.05) is 5.51 Å². The second kappa shape index (κ2) is 7.19. The Balaban J connectivity index is 1.79. The molecule has 4 nitrogen and oxygen atoms in total. The molecule has 2 heterocycles. The smallest absolute Gasteiger partial charge is 0.0797 e. The van der Waals surface area contributed by atoms with Crippen LogP contribution in [0.1, 0.15) is 23.4 Å². The molecule has 1 aliphatic rings. The summed E-state index contributed by atoms with van der Waals surface area (Å²) >= 11 is 1.74. The Kier molecular flexibility index (Phi) is 5.56. The third-order valence-electron chi connectivity index (χ3n) is 3.56. The first-order valence-corrected chi connectivity index (χ1v) is 7.63. The zero-order valence-electron chi connectivity index (χ0n) is 11.1. The Bertz CT molecular complexity index is 350. The van der Waals surface area contributed by atoms with E-state index < -0.39 is 0 Å². The number of aryl methyl sites for hydroxylation is 1. The van der Waals surface area contributed by atoms with Crippen molar-refractivity contribution in [3.05, 3.63) is 16.1 Å². The predicted molar refractivity (Wildman–Crippen MR) is 75.1 cm³/mol. The molecule has 2 N–H and O–H groups in total. The minimum absolute atomic E-state index is 0.244. The zero-order chi connectivity index (χ0) is 12.8. The van der Waals surface area contributed by atoms with E-state index in [1.54, 1.807) is 11.3 Å². The standard InChI is InChI=1S/C13H23N3OS/c1-11-13(18-10-15-11)4-6-16(7-8-17)9-12-3-2-5-14-12/h10,12,14,17H,2-9H2,1H3. The van der Waals surface area contributed by atoms with E-state index in [1.165, 1.54) is 17.7 Å². The molecule has 0 bridgehead atoms. The largest absolute Gasteiger partial charge is 0.395 e. The van der Waals surface area contributed by atoms with E-state index in [0.29, 0.717) is 6.04 Å². The van der Waals surface area contributed by atoms with Gasteiger partial charge >= 0.3 is 0 Å². The predicted octanol–water partition coefficient (Wildman–Crippen LogP) is 1.04. The fourth-order valence-electron chi connectivity index (χ4n) is 2.49. The second-order valence-corrected chi connectivity index (χ2v) is 5.87. The summed E-state index contributed by atoms with van der Waals surface area (Å²) in [5, 5.41) is 12.7. The summed E-state index contributed by atoms with van der Waals surface area (Å²) in [5.74, 6) is 0. The number of nitrogens with one attached hydrogen (secondary N) is 1. The molecule has 1 fully saturated rings. The molecule has 0 amide bonds. The van der Waals surface area contributed by atoms with Gasteiger partial charge in [0.05, 0.1) is 17.8 Å². The van der Waals surface area contributed by atoms with Crippen molar-refractivity contribution >= 4 is 11.3 Å². The van der Waals surface area contributed by atoms with Crippen molar-refractivity contribution in [2.24, 2.45) is 0 Å². The number of aliphatic hydroxyl groups is 1. The molecular formula is C13H23N3OS. The molecule has 0 aromatic carbocycles. The Morgan fingerprint density at radius 3 is 3.06 bits per heavy atom. The van der Waals surface area contributed by atoms with Gasteiger partial charge in [-0.05, 0) is 32.7 Å². The number of thiazole rings is 1. The lowest BCUT2D eigenvalue weighted by Gasteiger charge is -2.24. The number of aliphatic hydroxyl groups excluding tert-OH is 1. The number of aromatic nitrogens is 1. The third-order valence-corrected chi connectivity index (χ3v) is 4.55. The summed E-state index contributed by atoms with van der Waals surface area (Å²) in [7, 11) is 0. The van der Waals surface area contributed by atoms with Gasteiger partial charge in [-0.25, -0.2) is 4.98 Å². The van der Waals surface area contributed by atoms with Crippen molar-refractivity contribution in [2.45, 2.75) is 32.2 Å². The van der Waals surface area contributed by atoms with Crippen LogP contribution < -0.4 is 5.32 Å².